The molecule has 0 unspecified atom stereocenters. The van der Waals surface area contributed by atoms with Gasteiger partial charge in [0.1, 0.15) is 11.2 Å². The summed E-state index contributed by atoms with van der Waals surface area (Å²) in [6.07, 6.45) is 1.85. The Morgan fingerprint density at radius 2 is 2.38 bits per heavy atom. The highest BCUT2D eigenvalue weighted by Crippen LogP contribution is 2.13. The predicted molar refractivity (Wildman–Crippen MR) is 56.5 cm³/mol. The number of nitrogens with one attached hydrogen (secondary N) is 1. The zero-order valence-electron chi connectivity index (χ0n) is 8.56. The zero-order valence-corrected chi connectivity index (χ0v) is 9.37. The van der Waals surface area contributed by atoms with E-state index in [0.29, 0.717) is 6.29 Å². The number of aldehydes is 1. The van der Waals surface area contributed by atoms with Crippen LogP contribution < -0.4 is 5.32 Å². The van der Waals surface area contributed by atoms with Crippen molar-refractivity contribution >= 4 is 29.5 Å². The lowest BCUT2D eigenvalue weighted by Crippen LogP contribution is -2.24. The van der Waals surface area contributed by atoms with Crippen LogP contribution in [0.1, 0.15) is 26.4 Å². The molecule has 1 aromatic heterocycles. The highest BCUT2D eigenvalue weighted by atomic mass is 32.1. The number of hydrogen-bond acceptors (Lipinski definition) is 6. The van der Waals surface area contributed by atoms with Crippen LogP contribution in [-0.2, 0) is 9.53 Å². The highest BCUT2D eigenvalue weighted by Gasteiger charge is 2.15. The molecular formula is C9H10N2O4S. The number of esters is 1. The zero-order chi connectivity index (χ0) is 12.0. The largest absolute Gasteiger partial charge is 0.461 e. The Bertz CT molecular complexity index is 402. The number of rotatable bonds is 5. The molecule has 86 valence electrons. The molecular weight excluding hydrogens is 232 g/mol. The average Bonchev–Trinajstić information content (AvgIpc) is 2.75. The van der Waals surface area contributed by atoms with Crippen molar-refractivity contribution in [1.29, 1.82) is 0 Å². The maximum absolute atomic E-state index is 11.3. The van der Waals surface area contributed by atoms with Gasteiger partial charge in [0, 0.05) is 0 Å². The summed E-state index contributed by atoms with van der Waals surface area (Å²) in [5.74, 6) is -0.984. The third-order valence-corrected chi connectivity index (χ3v) is 2.50. The minimum absolute atomic E-state index is 0.0640. The topological polar surface area (TPSA) is 85.4 Å². The smallest absolute Gasteiger partial charge is 0.367 e. The molecule has 0 aliphatic rings. The lowest BCUT2D eigenvalue weighted by Gasteiger charge is -1.96. The molecule has 1 heterocycles. The maximum atomic E-state index is 11.3. The standard InChI is InChI=1S/C9H10N2O4S/c1-2-15-9(14)8-11-5-6(16-8)7(13)10-3-4-12/h4-5H,2-3H2,1H3,(H,10,13). The molecule has 1 N–H and O–H groups in total. The summed E-state index contributed by atoms with van der Waals surface area (Å²) in [4.78, 5) is 36.6. The van der Waals surface area contributed by atoms with Gasteiger partial charge in [0.2, 0.25) is 5.01 Å². The van der Waals surface area contributed by atoms with Gasteiger partial charge in [-0.05, 0) is 6.92 Å². The van der Waals surface area contributed by atoms with Crippen LogP contribution in [0.15, 0.2) is 6.20 Å². The molecule has 1 aromatic rings. The number of nitrogens with zero attached hydrogens (tertiary/aromatic N) is 1. The van der Waals surface area contributed by atoms with E-state index in [4.69, 9.17) is 4.74 Å². The van der Waals surface area contributed by atoms with Gasteiger partial charge in [0.05, 0.1) is 19.3 Å². The van der Waals surface area contributed by atoms with Gasteiger partial charge in [-0.25, -0.2) is 9.78 Å². The maximum Gasteiger partial charge on any atom is 0.367 e. The molecule has 0 bridgehead atoms. The second-order valence-electron chi connectivity index (χ2n) is 2.63. The van der Waals surface area contributed by atoms with Gasteiger partial charge < -0.3 is 14.8 Å². The number of carbonyl (C=O) groups excluding carboxylic acids is 3. The monoisotopic (exact) mass is 242 g/mol. The normalized spacial score (nSPS) is 9.56. The van der Waals surface area contributed by atoms with E-state index in [1.54, 1.807) is 6.92 Å². The molecule has 0 aliphatic heterocycles. The first kappa shape index (κ1) is 12.3. The Labute approximate surface area is 95.6 Å². The third kappa shape index (κ3) is 3.13. The van der Waals surface area contributed by atoms with Crippen molar-refractivity contribution in [2.24, 2.45) is 0 Å². The van der Waals surface area contributed by atoms with E-state index in [9.17, 15) is 14.4 Å². The van der Waals surface area contributed by atoms with E-state index in [2.05, 4.69) is 10.3 Å². The average molecular weight is 242 g/mol. The highest BCUT2D eigenvalue weighted by molar-refractivity contribution is 7.15. The molecule has 1 amide bonds. The van der Waals surface area contributed by atoms with Crippen LogP contribution in [-0.4, -0.2) is 36.3 Å². The molecule has 0 saturated heterocycles. The van der Waals surface area contributed by atoms with Gasteiger partial charge in [-0.1, -0.05) is 0 Å². The van der Waals surface area contributed by atoms with Gasteiger partial charge in [0.15, 0.2) is 0 Å². The molecule has 0 saturated carbocycles. The summed E-state index contributed by atoms with van der Waals surface area (Å²) in [5, 5.41) is 2.47. The van der Waals surface area contributed by atoms with Crippen molar-refractivity contribution in [1.82, 2.24) is 10.3 Å². The fraction of sp³-hybridized carbons (Fsp3) is 0.333. The van der Waals surface area contributed by atoms with Gasteiger partial charge >= 0.3 is 5.97 Å². The first-order valence-electron chi connectivity index (χ1n) is 4.53. The van der Waals surface area contributed by atoms with E-state index >= 15 is 0 Å². The molecule has 0 aromatic carbocycles. The van der Waals surface area contributed by atoms with E-state index in [1.807, 2.05) is 0 Å². The summed E-state index contributed by atoms with van der Waals surface area (Å²) in [5.41, 5.74) is 0. The number of thiazole rings is 1. The van der Waals surface area contributed by atoms with E-state index in [1.165, 1.54) is 6.20 Å². The number of amides is 1. The van der Waals surface area contributed by atoms with Gasteiger partial charge in [-0.3, -0.25) is 4.79 Å². The van der Waals surface area contributed by atoms with Gasteiger partial charge in [-0.2, -0.15) is 0 Å². The summed E-state index contributed by atoms with van der Waals surface area (Å²) in [7, 11) is 0. The third-order valence-electron chi connectivity index (χ3n) is 1.53. The van der Waals surface area contributed by atoms with Crippen molar-refractivity contribution in [3.63, 3.8) is 0 Å². The SMILES string of the molecule is CCOC(=O)c1ncc(C(=O)NCC=O)s1. The molecule has 0 radical (unpaired) electrons. The fourth-order valence-electron chi connectivity index (χ4n) is 0.888. The Kier molecular flexibility index (Phi) is 4.59. The molecule has 0 fully saturated rings. The van der Waals surface area contributed by atoms with Crippen LogP contribution in [0, 0.1) is 0 Å². The molecule has 1 rings (SSSR count). The first-order chi connectivity index (χ1) is 7.69. The first-order valence-corrected chi connectivity index (χ1v) is 5.35. The molecule has 0 aliphatic carbocycles. The summed E-state index contributed by atoms with van der Waals surface area (Å²) >= 11 is 0.926. The fourth-order valence-corrected chi connectivity index (χ4v) is 1.61. The molecule has 6 nitrogen and oxygen atoms in total. The van der Waals surface area contributed by atoms with Crippen molar-refractivity contribution in [3.05, 3.63) is 16.1 Å². The summed E-state index contributed by atoms with van der Waals surface area (Å²) < 4.78 is 4.72. The van der Waals surface area contributed by atoms with Gasteiger partial charge in [0.25, 0.3) is 5.91 Å². The van der Waals surface area contributed by atoms with Crippen molar-refractivity contribution in [2.75, 3.05) is 13.2 Å². The Morgan fingerprint density at radius 1 is 1.62 bits per heavy atom. The molecule has 0 spiro atoms. The molecule has 0 atom stereocenters. The molecule has 16 heavy (non-hydrogen) atoms. The minimum atomic E-state index is -0.554. The lowest BCUT2D eigenvalue weighted by molar-refractivity contribution is -0.107. The second kappa shape index (κ2) is 5.96. The van der Waals surface area contributed by atoms with E-state index in [-0.39, 0.29) is 23.0 Å². The molecule has 7 heteroatoms. The summed E-state index contributed by atoms with van der Waals surface area (Å²) in [6, 6.07) is 0. The predicted octanol–water partition coefficient (Wildman–Crippen LogP) is 0.249. The van der Waals surface area contributed by atoms with Gasteiger partial charge in [-0.15, -0.1) is 11.3 Å². The number of ether oxygens (including phenoxy) is 1. The number of carbonyl (C=O) groups is 3. The van der Waals surface area contributed by atoms with E-state index in [0.717, 1.165) is 11.3 Å². The Morgan fingerprint density at radius 3 is 3.00 bits per heavy atom. The minimum Gasteiger partial charge on any atom is -0.461 e. The summed E-state index contributed by atoms with van der Waals surface area (Å²) in [6.45, 7) is 1.87. The van der Waals surface area contributed by atoms with Crippen LogP contribution >= 0.6 is 11.3 Å². The van der Waals surface area contributed by atoms with Crippen molar-refractivity contribution in [2.45, 2.75) is 6.92 Å². The van der Waals surface area contributed by atoms with Crippen LogP contribution in [0.5, 0.6) is 0 Å². The van der Waals surface area contributed by atoms with Crippen molar-refractivity contribution in [3.8, 4) is 0 Å². The Balaban J connectivity index is 2.67. The van der Waals surface area contributed by atoms with Crippen molar-refractivity contribution < 1.29 is 19.1 Å². The van der Waals surface area contributed by atoms with Crippen LogP contribution in [0.2, 0.25) is 0 Å². The van der Waals surface area contributed by atoms with E-state index < -0.39 is 11.9 Å². The number of hydrogen-bond donors (Lipinski definition) is 1. The second-order valence-corrected chi connectivity index (χ2v) is 3.66. The Hall–Kier alpha value is -1.76. The number of aromatic nitrogens is 1. The quantitative estimate of drug-likeness (QED) is 0.591. The van der Waals surface area contributed by atoms with Crippen LogP contribution in [0.25, 0.3) is 0 Å². The van der Waals surface area contributed by atoms with Crippen LogP contribution in [0.4, 0.5) is 0 Å². The van der Waals surface area contributed by atoms with Crippen LogP contribution in [0.3, 0.4) is 0 Å². The lowest BCUT2D eigenvalue weighted by atomic mass is 10.5.